The van der Waals surface area contributed by atoms with Crippen molar-refractivity contribution >= 4 is 11.8 Å². The van der Waals surface area contributed by atoms with E-state index in [4.69, 9.17) is 0 Å². The van der Waals surface area contributed by atoms with Gasteiger partial charge in [-0.1, -0.05) is 121 Å². The monoisotopic (exact) mass is 478 g/mol. The molecule has 0 aliphatic rings. The highest BCUT2D eigenvalue weighted by molar-refractivity contribution is 5.75. The van der Waals surface area contributed by atoms with E-state index in [-0.39, 0.29) is 11.8 Å². The van der Waals surface area contributed by atoms with E-state index < -0.39 is 11.3 Å². The van der Waals surface area contributed by atoms with Crippen molar-refractivity contribution in [3.8, 4) is 0 Å². The van der Waals surface area contributed by atoms with Gasteiger partial charge < -0.3 is 10.6 Å². The highest BCUT2D eigenvalue weighted by Crippen LogP contribution is 2.31. The second kappa shape index (κ2) is 11.0. The van der Waals surface area contributed by atoms with Crippen LogP contribution < -0.4 is 21.5 Å². The van der Waals surface area contributed by atoms with Gasteiger partial charge in [0, 0.05) is 13.8 Å². The normalized spacial score (nSPS) is 11.5. The number of nitrogens with one attached hydrogen (secondary N) is 4. The number of rotatable bonds is 9. The van der Waals surface area contributed by atoms with E-state index in [1.54, 1.807) is 0 Å². The van der Waals surface area contributed by atoms with E-state index in [1.807, 2.05) is 121 Å². The third-order valence-corrected chi connectivity index (χ3v) is 5.99. The van der Waals surface area contributed by atoms with Crippen LogP contribution in [0.25, 0.3) is 0 Å². The molecule has 0 atom stereocenters. The van der Waals surface area contributed by atoms with Gasteiger partial charge in [0.1, 0.15) is 0 Å². The molecule has 4 N–H and O–H groups in total. The lowest BCUT2D eigenvalue weighted by atomic mass is 9.89. The van der Waals surface area contributed by atoms with Gasteiger partial charge >= 0.3 is 0 Å². The van der Waals surface area contributed by atoms with Gasteiger partial charge in [-0.2, -0.15) is 0 Å². The molecule has 0 unspecified atom stereocenters. The van der Waals surface area contributed by atoms with Crippen molar-refractivity contribution in [1.82, 2.24) is 21.5 Å². The second-order valence-electron chi connectivity index (χ2n) is 8.58. The summed E-state index contributed by atoms with van der Waals surface area (Å²) in [5, 5.41) is 6.26. The number of carbonyl (C=O) groups is 2. The van der Waals surface area contributed by atoms with Gasteiger partial charge in [0.05, 0.1) is 0 Å². The maximum atomic E-state index is 12.6. The zero-order valence-corrected chi connectivity index (χ0v) is 20.4. The standard InChI is InChI=1S/C30H30N4O2/c1-23(35)31-29(25-15-7-3-8-16-25,26-17-9-4-10-18-26)33-34-30(32-24(2)36,27-19-11-5-12-20-27)28-21-13-6-14-22-28/h3-22,33-34H,1-2H3,(H,31,35)(H,32,36). The summed E-state index contributed by atoms with van der Waals surface area (Å²) in [5.41, 5.74) is 7.85. The van der Waals surface area contributed by atoms with Crippen LogP contribution in [0, 0.1) is 0 Å². The minimum absolute atomic E-state index is 0.221. The fraction of sp³-hybridized carbons (Fsp3) is 0.133. The minimum Gasteiger partial charge on any atom is -0.329 e. The van der Waals surface area contributed by atoms with E-state index in [0.29, 0.717) is 0 Å². The van der Waals surface area contributed by atoms with E-state index >= 15 is 0 Å². The van der Waals surface area contributed by atoms with Crippen molar-refractivity contribution in [1.29, 1.82) is 0 Å². The topological polar surface area (TPSA) is 82.3 Å². The Bertz CT molecular complexity index is 1100. The molecule has 0 aliphatic heterocycles. The maximum Gasteiger partial charge on any atom is 0.218 e. The van der Waals surface area contributed by atoms with E-state index in [0.717, 1.165) is 22.3 Å². The molecule has 0 saturated heterocycles. The molecule has 4 rings (SSSR count). The van der Waals surface area contributed by atoms with Crippen LogP contribution in [0.1, 0.15) is 36.1 Å². The first-order valence-electron chi connectivity index (χ1n) is 11.8. The number of hydrogen-bond acceptors (Lipinski definition) is 4. The molecule has 2 amide bonds. The van der Waals surface area contributed by atoms with Gasteiger partial charge in [0.25, 0.3) is 0 Å². The largest absolute Gasteiger partial charge is 0.329 e. The van der Waals surface area contributed by atoms with Gasteiger partial charge in [-0.3, -0.25) is 9.59 Å². The molecule has 182 valence electrons. The smallest absolute Gasteiger partial charge is 0.218 e. The summed E-state index contributed by atoms with van der Waals surface area (Å²) in [4.78, 5) is 25.2. The number of carbonyl (C=O) groups excluding carboxylic acids is 2. The number of hydrogen-bond donors (Lipinski definition) is 4. The van der Waals surface area contributed by atoms with Crippen LogP contribution >= 0.6 is 0 Å². The predicted molar refractivity (Wildman–Crippen MR) is 141 cm³/mol. The molecule has 0 radical (unpaired) electrons. The summed E-state index contributed by atoms with van der Waals surface area (Å²) in [6.07, 6.45) is 0. The molecule has 0 heterocycles. The van der Waals surface area contributed by atoms with Crippen molar-refractivity contribution in [3.63, 3.8) is 0 Å². The van der Waals surface area contributed by atoms with Crippen LogP contribution in [-0.4, -0.2) is 11.8 Å². The third-order valence-electron chi connectivity index (χ3n) is 5.99. The van der Waals surface area contributed by atoms with Crippen LogP contribution in [0.2, 0.25) is 0 Å². The molecule has 6 heteroatoms. The van der Waals surface area contributed by atoms with Gasteiger partial charge in [-0.15, -0.1) is 0 Å². The van der Waals surface area contributed by atoms with Gasteiger partial charge in [0.15, 0.2) is 11.3 Å². The van der Waals surface area contributed by atoms with Crippen LogP contribution in [0.15, 0.2) is 121 Å². The number of benzene rings is 4. The fourth-order valence-corrected chi connectivity index (χ4v) is 4.44. The molecule has 36 heavy (non-hydrogen) atoms. The molecule has 6 nitrogen and oxygen atoms in total. The molecule has 0 saturated carbocycles. The van der Waals surface area contributed by atoms with Gasteiger partial charge in [-0.05, 0) is 22.3 Å². The maximum absolute atomic E-state index is 12.6. The summed E-state index contributed by atoms with van der Waals surface area (Å²) in [6, 6.07) is 38.7. The highest BCUT2D eigenvalue weighted by atomic mass is 16.2. The lowest BCUT2D eigenvalue weighted by Gasteiger charge is -2.43. The molecule has 0 spiro atoms. The Balaban J connectivity index is 1.91. The summed E-state index contributed by atoms with van der Waals surface area (Å²) in [5.74, 6) is -0.442. The minimum atomic E-state index is -1.15. The SMILES string of the molecule is CC(=O)NC(NNC(NC(C)=O)(c1ccccc1)c1ccccc1)(c1ccccc1)c1ccccc1. The van der Waals surface area contributed by atoms with Crippen LogP contribution in [0.5, 0.6) is 0 Å². The highest BCUT2D eigenvalue weighted by Gasteiger charge is 2.41. The Labute approximate surface area is 211 Å². The Hall–Kier alpha value is -4.26. The predicted octanol–water partition coefficient (Wildman–Crippen LogP) is 4.16. The Morgan fingerprint density at radius 2 is 0.667 bits per heavy atom. The van der Waals surface area contributed by atoms with Gasteiger partial charge in [-0.25, -0.2) is 10.9 Å². The average molecular weight is 479 g/mol. The van der Waals surface area contributed by atoms with Crippen molar-refractivity contribution < 1.29 is 9.59 Å². The number of hydrazine groups is 1. The van der Waals surface area contributed by atoms with Crippen LogP contribution in [0.3, 0.4) is 0 Å². The van der Waals surface area contributed by atoms with E-state index in [1.165, 1.54) is 13.8 Å². The molecule has 0 aliphatic carbocycles. The first-order valence-corrected chi connectivity index (χ1v) is 11.8. The molecule has 0 aromatic heterocycles. The Kier molecular flexibility index (Phi) is 7.59. The molecule has 0 bridgehead atoms. The fourth-order valence-electron chi connectivity index (χ4n) is 4.44. The lowest BCUT2D eigenvalue weighted by molar-refractivity contribution is -0.123. The zero-order valence-electron chi connectivity index (χ0n) is 20.4. The first kappa shape index (κ1) is 24.9. The molecule has 0 fully saturated rings. The molecular weight excluding hydrogens is 448 g/mol. The van der Waals surface area contributed by atoms with Crippen molar-refractivity contribution in [3.05, 3.63) is 144 Å². The molecule has 4 aromatic carbocycles. The summed E-state index contributed by atoms with van der Waals surface area (Å²) in [6.45, 7) is 2.97. The molecule has 4 aromatic rings. The quantitative estimate of drug-likeness (QED) is 0.215. The Morgan fingerprint density at radius 1 is 0.444 bits per heavy atom. The number of amides is 2. The van der Waals surface area contributed by atoms with Crippen molar-refractivity contribution in [2.75, 3.05) is 0 Å². The Morgan fingerprint density at radius 3 is 0.861 bits per heavy atom. The van der Waals surface area contributed by atoms with E-state index in [9.17, 15) is 9.59 Å². The molecular formula is C30H30N4O2. The zero-order chi connectivity index (χ0) is 25.4. The van der Waals surface area contributed by atoms with Crippen LogP contribution in [0.4, 0.5) is 0 Å². The average Bonchev–Trinajstić information content (AvgIpc) is 2.92. The third kappa shape index (κ3) is 5.20. The van der Waals surface area contributed by atoms with Crippen LogP contribution in [-0.2, 0) is 20.9 Å². The summed E-state index contributed by atoms with van der Waals surface area (Å²) >= 11 is 0. The van der Waals surface area contributed by atoms with E-state index in [2.05, 4.69) is 21.5 Å². The summed E-state index contributed by atoms with van der Waals surface area (Å²) in [7, 11) is 0. The lowest BCUT2D eigenvalue weighted by Crippen LogP contribution is -2.68. The summed E-state index contributed by atoms with van der Waals surface area (Å²) < 4.78 is 0. The van der Waals surface area contributed by atoms with Crippen molar-refractivity contribution in [2.45, 2.75) is 25.2 Å². The van der Waals surface area contributed by atoms with Crippen molar-refractivity contribution in [2.24, 2.45) is 0 Å². The second-order valence-corrected chi connectivity index (χ2v) is 8.58. The van der Waals surface area contributed by atoms with Gasteiger partial charge in [0.2, 0.25) is 11.8 Å². The first-order chi connectivity index (χ1) is 17.5.